The van der Waals surface area contributed by atoms with Gasteiger partial charge in [-0.2, -0.15) is 0 Å². The topological polar surface area (TPSA) is 84.2 Å². The molecular weight excluding hydrogens is 294 g/mol. The first kappa shape index (κ1) is 22.4. The van der Waals surface area contributed by atoms with E-state index >= 15 is 0 Å². The molecule has 3 N–H and O–H groups in total. The molecule has 1 saturated heterocycles. The summed E-state index contributed by atoms with van der Waals surface area (Å²) in [5.74, 6) is 0.0452. The van der Waals surface area contributed by atoms with E-state index in [1.54, 1.807) is 4.90 Å². The molecule has 7 heteroatoms. The molecule has 0 aromatic heterocycles. The Labute approximate surface area is 134 Å². The van der Waals surface area contributed by atoms with Crippen LogP contribution in [0.1, 0.15) is 40.5 Å². The van der Waals surface area contributed by atoms with Crippen LogP contribution >= 0.6 is 12.4 Å². The van der Waals surface area contributed by atoms with E-state index in [1.807, 2.05) is 0 Å². The minimum absolute atomic E-state index is 0. The minimum atomic E-state index is -0.0530. The summed E-state index contributed by atoms with van der Waals surface area (Å²) in [4.78, 5) is 27.1. The fraction of sp³-hybridized carbons (Fsp3) is 0.857. The number of carbonyl (C=O) groups excluding carboxylic acids is 2. The van der Waals surface area contributed by atoms with Crippen LogP contribution in [-0.2, 0) is 9.59 Å². The van der Waals surface area contributed by atoms with E-state index in [4.69, 9.17) is 0 Å². The molecule has 6 nitrogen and oxygen atoms in total. The lowest BCUT2D eigenvalue weighted by Gasteiger charge is -2.30. The lowest BCUT2D eigenvalue weighted by atomic mass is 10.2. The maximum atomic E-state index is 11.7. The van der Waals surface area contributed by atoms with Gasteiger partial charge in [0.15, 0.2) is 0 Å². The average Bonchev–Trinajstić information content (AvgIpc) is 2.69. The van der Waals surface area contributed by atoms with Crippen molar-refractivity contribution in [1.82, 2.24) is 15.1 Å². The molecule has 0 saturated carbocycles. The smallest absolute Gasteiger partial charge is 0.239 e. The van der Waals surface area contributed by atoms with Crippen LogP contribution < -0.4 is 5.32 Å². The third kappa shape index (κ3) is 7.64. The largest absolute Gasteiger partial charge is 0.412 e. The molecular formula is C14H30ClN3O3. The van der Waals surface area contributed by atoms with Gasteiger partial charge < -0.3 is 15.7 Å². The van der Waals surface area contributed by atoms with Crippen molar-refractivity contribution >= 4 is 24.2 Å². The van der Waals surface area contributed by atoms with Crippen LogP contribution in [0.25, 0.3) is 0 Å². The van der Waals surface area contributed by atoms with Crippen molar-refractivity contribution in [2.24, 2.45) is 0 Å². The first-order valence-electron chi connectivity index (χ1n) is 7.22. The molecule has 0 spiro atoms. The lowest BCUT2D eigenvalue weighted by molar-refractivity contribution is -0.133. The molecule has 0 aromatic carbocycles. The molecule has 0 atom stereocenters. The molecule has 1 aliphatic rings. The van der Waals surface area contributed by atoms with Gasteiger partial charge in [-0.25, -0.2) is 0 Å². The van der Waals surface area contributed by atoms with Gasteiger partial charge in [-0.05, 0) is 34.1 Å². The summed E-state index contributed by atoms with van der Waals surface area (Å²) >= 11 is 0. The van der Waals surface area contributed by atoms with E-state index in [0.29, 0.717) is 25.0 Å². The second-order valence-corrected chi connectivity index (χ2v) is 5.69. The van der Waals surface area contributed by atoms with Crippen LogP contribution in [0.2, 0.25) is 0 Å². The van der Waals surface area contributed by atoms with Gasteiger partial charge in [0, 0.05) is 38.1 Å². The highest BCUT2D eigenvalue weighted by Crippen LogP contribution is 2.08. The van der Waals surface area contributed by atoms with Crippen molar-refractivity contribution in [3.8, 4) is 0 Å². The number of nitrogens with zero attached hydrogens (tertiary/aromatic N) is 2. The standard InChI is InChI=1S/C14H27N3O2.ClH.H2O/c1-11(2)17(12(3)4)9-7-15-13(18)10-16-8-5-6-14(16)19;;/h11-12H,5-10H2,1-4H3,(H,15,18);1H;1H2. The molecule has 2 amide bonds. The summed E-state index contributed by atoms with van der Waals surface area (Å²) in [5, 5.41) is 2.90. The SMILES string of the molecule is CC(C)N(CCNC(=O)CN1CCCC1=O)C(C)C.Cl.O. The summed E-state index contributed by atoms with van der Waals surface area (Å²) in [6.07, 6.45) is 1.46. The van der Waals surface area contributed by atoms with Crippen LogP contribution in [0.15, 0.2) is 0 Å². The second-order valence-electron chi connectivity index (χ2n) is 5.69. The van der Waals surface area contributed by atoms with Crippen LogP contribution in [0, 0.1) is 0 Å². The van der Waals surface area contributed by atoms with Crippen LogP contribution in [0.4, 0.5) is 0 Å². The number of likely N-dealkylation sites (tertiary alicyclic amines) is 1. The molecule has 21 heavy (non-hydrogen) atoms. The van der Waals surface area contributed by atoms with E-state index in [9.17, 15) is 9.59 Å². The molecule has 126 valence electrons. The Balaban J connectivity index is 0. The van der Waals surface area contributed by atoms with E-state index in [2.05, 4.69) is 37.9 Å². The van der Waals surface area contributed by atoms with Crippen molar-refractivity contribution in [2.45, 2.75) is 52.6 Å². The number of halogens is 1. The highest BCUT2D eigenvalue weighted by Gasteiger charge is 2.22. The Hall–Kier alpha value is -0.850. The monoisotopic (exact) mass is 323 g/mol. The zero-order chi connectivity index (χ0) is 14.4. The van der Waals surface area contributed by atoms with Crippen LogP contribution in [0.3, 0.4) is 0 Å². The van der Waals surface area contributed by atoms with Crippen molar-refractivity contribution in [3.63, 3.8) is 0 Å². The maximum Gasteiger partial charge on any atom is 0.239 e. The normalized spacial score (nSPS) is 14.4. The third-order valence-electron chi connectivity index (χ3n) is 3.52. The quantitative estimate of drug-likeness (QED) is 0.738. The number of hydrogen-bond acceptors (Lipinski definition) is 3. The molecule has 1 fully saturated rings. The summed E-state index contributed by atoms with van der Waals surface area (Å²) in [6, 6.07) is 0.939. The van der Waals surface area contributed by atoms with Crippen molar-refractivity contribution in [3.05, 3.63) is 0 Å². The Kier molecular flexibility index (Phi) is 11.6. The second kappa shape index (κ2) is 10.8. The van der Waals surface area contributed by atoms with Gasteiger partial charge in [0.05, 0.1) is 6.54 Å². The van der Waals surface area contributed by atoms with Gasteiger partial charge in [0.2, 0.25) is 11.8 Å². The van der Waals surface area contributed by atoms with Crippen molar-refractivity contribution in [1.29, 1.82) is 0 Å². The summed E-state index contributed by atoms with van der Waals surface area (Å²) in [7, 11) is 0. The van der Waals surface area contributed by atoms with Gasteiger partial charge in [-0.15, -0.1) is 12.4 Å². The summed E-state index contributed by atoms with van der Waals surface area (Å²) in [5.41, 5.74) is 0. The Morgan fingerprint density at radius 2 is 1.86 bits per heavy atom. The van der Waals surface area contributed by atoms with E-state index in [1.165, 1.54) is 0 Å². The number of amides is 2. The lowest BCUT2D eigenvalue weighted by Crippen LogP contribution is -2.44. The van der Waals surface area contributed by atoms with Gasteiger partial charge in [-0.3, -0.25) is 14.5 Å². The highest BCUT2D eigenvalue weighted by atomic mass is 35.5. The number of nitrogens with one attached hydrogen (secondary N) is 1. The Morgan fingerprint density at radius 3 is 2.29 bits per heavy atom. The van der Waals surface area contributed by atoms with E-state index in [-0.39, 0.29) is 36.2 Å². The third-order valence-corrected chi connectivity index (χ3v) is 3.52. The Bertz CT molecular complexity index is 317. The van der Waals surface area contributed by atoms with Gasteiger partial charge in [0.25, 0.3) is 0 Å². The molecule has 0 unspecified atom stereocenters. The van der Waals surface area contributed by atoms with Crippen LogP contribution in [0.5, 0.6) is 0 Å². The highest BCUT2D eigenvalue weighted by molar-refractivity contribution is 5.86. The molecule has 1 aliphatic heterocycles. The first-order valence-corrected chi connectivity index (χ1v) is 7.22. The summed E-state index contributed by atoms with van der Waals surface area (Å²) < 4.78 is 0. The number of rotatable bonds is 7. The molecule has 0 bridgehead atoms. The molecule has 1 rings (SSSR count). The average molecular weight is 324 g/mol. The number of carbonyl (C=O) groups is 2. The van der Waals surface area contributed by atoms with Crippen LogP contribution in [-0.4, -0.2) is 65.4 Å². The predicted molar refractivity (Wildman–Crippen MR) is 86.7 cm³/mol. The maximum absolute atomic E-state index is 11.7. The molecule has 0 aromatic rings. The number of hydrogen-bond donors (Lipinski definition) is 1. The molecule has 0 aliphatic carbocycles. The van der Waals surface area contributed by atoms with Crippen molar-refractivity contribution in [2.75, 3.05) is 26.2 Å². The molecule has 1 heterocycles. The summed E-state index contributed by atoms with van der Waals surface area (Å²) in [6.45, 7) is 11.0. The zero-order valence-electron chi connectivity index (χ0n) is 13.5. The fourth-order valence-corrected chi connectivity index (χ4v) is 2.54. The first-order chi connectivity index (χ1) is 8.91. The molecule has 0 radical (unpaired) electrons. The van der Waals surface area contributed by atoms with Crippen molar-refractivity contribution < 1.29 is 15.1 Å². The van der Waals surface area contributed by atoms with Gasteiger partial charge in [0.1, 0.15) is 0 Å². The zero-order valence-corrected chi connectivity index (χ0v) is 14.3. The van der Waals surface area contributed by atoms with Gasteiger partial charge in [-0.1, -0.05) is 0 Å². The predicted octanol–water partition coefficient (Wildman–Crippen LogP) is 0.441. The van der Waals surface area contributed by atoms with Gasteiger partial charge >= 0.3 is 0 Å². The minimum Gasteiger partial charge on any atom is -0.412 e. The van der Waals surface area contributed by atoms with E-state index < -0.39 is 0 Å². The Morgan fingerprint density at radius 1 is 1.29 bits per heavy atom. The fourth-order valence-electron chi connectivity index (χ4n) is 2.54. The van der Waals surface area contributed by atoms with E-state index in [0.717, 1.165) is 19.5 Å².